The summed E-state index contributed by atoms with van der Waals surface area (Å²) < 4.78 is 27.1. The van der Waals surface area contributed by atoms with Gasteiger partial charge in [-0.15, -0.1) is 0 Å². The Morgan fingerprint density at radius 3 is 2.32 bits per heavy atom. The molecule has 1 fully saturated rings. The molecule has 132 valence electrons. The summed E-state index contributed by atoms with van der Waals surface area (Å²) in [5, 5.41) is 2.93. The third-order valence-corrected chi connectivity index (χ3v) is 6.51. The van der Waals surface area contributed by atoms with Crippen molar-refractivity contribution in [3.8, 4) is 0 Å². The van der Waals surface area contributed by atoms with Gasteiger partial charge in [0.2, 0.25) is 15.9 Å². The fraction of sp³-hybridized carbons (Fsp3) is 0.316. The molecule has 0 aliphatic carbocycles. The van der Waals surface area contributed by atoms with E-state index in [1.165, 1.54) is 4.31 Å². The summed E-state index contributed by atoms with van der Waals surface area (Å²) >= 11 is 0. The molecule has 1 N–H and O–H groups in total. The zero-order valence-electron chi connectivity index (χ0n) is 14.4. The summed E-state index contributed by atoms with van der Waals surface area (Å²) in [6.45, 7) is 4.22. The van der Waals surface area contributed by atoms with Crippen LogP contribution in [0.5, 0.6) is 0 Å². The van der Waals surface area contributed by atoms with E-state index in [9.17, 15) is 13.2 Å². The largest absolute Gasteiger partial charge is 0.324 e. The van der Waals surface area contributed by atoms with Crippen LogP contribution in [0.25, 0.3) is 0 Å². The Morgan fingerprint density at radius 1 is 1.04 bits per heavy atom. The first-order valence-corrected chi connectivity index (χ1v) is 9.79. The van der Waals surface area contributed by atoms with Crippen LogP contribution in [-0.2, 0) is 14.8 Å². The Bertz CT molecular complexity index is 859. The topological polar surface area (TPSA) is 66.5 Å². The van der Waals surface area contributed by atoms with Crippen LogP contribution in [0.3, 0.4) is 0 Å². The van der Waals surface area contributed by atoms with Crippen molar-refractivity contribution in [2.75, 3.05) is 11.9 Å². The molecule has 1 atom stereocenters. The summed E-state index contributed by atoms with van der Waals surface area (Å²) in [4.78, 5) is 13.0. The van der Waals surface area contributed by atoms with E-state index in [0.717, 1.165) is 16.8 Å². The van der Waals surface area contributed by atoms with Crippen molar-refractivity contribution in [2.45, 2.75) is 37.6 Å². The minimum atomic E-state index is -3.67. The lowest BCUT2D eigenvalue weighted by Gasteiger charge is -2.24. The number of nitrogens with one attached hydrogen (secondary N) is 1. The molecule has 2 aromatic rings. The quantitative estimate of drug-likeness (QED) is 0.913. The van der Waals surface area contributed by atoms with Gasteiger partial charge in [-0.1, -0.05) is 36.4 Å². The van der Waals surface area contributed by atoms with Gasteiger partial charge in [0.25, 0.3) is 0 Å². The van der Waals surface area contributed by atoms with Crippen LogP contribution in [0, 0.1) is 13.8 Å². The summed E-state index contributed by atoms with van der Waals surface area (Å²) in [5.74, 6) is -0.269. The minimum Gasteiger partial charge on any atom is -0.324 e. The minimum absolute atomic E-state index is 0.224. The predicted octanol–water partition coefficient (Wildman–Crippen LogP) is 3.10. The molecule has 1 heterocycles. The number of nitrogens with zero attached hydrogens (tertiary/aromatic N) is 1. The van der Waals surface area contributed by atoms with E-state index in [1.807, 2.05) is 32.0 Å². The maximum absolute atomic E-state index is 12.9. The Balaban J connectivity index is 1.86. The number of carbonyl (C=O) groups excluding carboxylic acids is 1. The molecule has 2 aromatic carbocycles. The van der Waals surface area contributed by atoms with Gasteiger partial charge in [-0.05, 0) is 49.9 Å². The van der Waals surface area contributed by atoms with Crippen molar-refractivity contribution in [1.82, 2.24) is 4.31 Å². The number of aryl methyl sites for hydroxylation is 2. The molecule has 1 aliphatic rings. The molecule has 0 bridgehead atoms. The number of anilines is 1. The monoisotopic (exact) mass is 358 g/mol. The maximum Gasteiger partial charge on any atom is 0.243 e. The zero-order valence-corrected chi connectivity index (χ0v) is 15.2. The first-order chi connectivity index (χ1) is 11.9. The highest BCUT2D eigenvalue weighted by molar-refractivity contribution is 7.89. The number of para-hydroxylation sites is 1. The third-order valence-electron chi connectivity index (χ3n) is 4.59. The lowest BCUT2D eigenvalue weighted by Crippen LogP contribution is -2.43. The maximum atomic E-state index is 12.9. The average Bonchev–Trinajstić information content (AvgIpc) is 3.10. The highest BCUT2D eigenvalue weighted by Gasteiger charge is 2.39. The molecule has 0 spiro atoms. The number of rotatable bonds is 4. The van der Waals surface area contributed by atoms with E-state index < -0.39 is 16.1 Å². The number of carbonyl (C=O) groups is 1. The Kier molecular flexibility index (Phi) is 4.92. The fourth-order valence-corrected chi connectivity index (χ4v) is 4.91. The van der Waals surface area contributed by atoms with Gasteiger partial charge in [-0.3, -0.25) is 4.79 Å². The van der Waals surface area contributed by atoms with E-state index in [0.29, 0.717) is 19.4 Å². The second kappa shape index (κ2) is 6.98. The Hall–Kier alpha value is -2.18. The lowest BCUT2D eigenvalue weighted by atomic mass is 10.1. The highest BCUT2D eigenvalue weighted by Crippen LogP contribution is 2.28. The van der Waals surface area contributed by atoms with E-state index in [1.54, 1.807) is 30.3 Å². The summed E-state index contributed by atoms with van der Waals surface area (Å²) in [7, 11) is -3.67. The first kappa shape index (κ1) is 17.6. The number of sulfonamides is 1. The van der Waals surface area contributed by atoms with Gasteiger partial charge in [0.15, 0.2) is 0 Å². The molecule has 0 saturated carbocycles. The SMILES string of the molecule is Cc1cccc(C)c1NC(=O)[C@@H]1CCCN1S(=O)(=O)c1ccccc1. The number of hydrogen-bond acceptors (Lipinski definition) is 3. The predicted molar refractivity (Wildman–Crippen MR) is 97.9 cm³/mol. The Labute approximate surface area is 148 Å². The number of benzene rings is 2. The van der Waals surface area contributed by atoms with E-state index in [2.05, 4.69) is 5.32 Å². The molecule has 1 saturated heterocycles. The standard InChI is InChI=1S/C19H22N2O3S/c1-14-8-6-9-15(2)18(14)20-19(22)17-12-7-13-21(17)25(23,24)16-10-4-3-5-11-16/h3-6,8-11,17H,7,12-13H2,1-2H3,(H,20,22)/t17-/m0/s1. The van der Waals surface area contributed by atoms with Crippen molar-refractivity contribution < 1.29 is 13.2 Å². The van der Waals surface area contributed by atoms with Crippen LogP contribution in [0.1, 0.15) is 24.0 Å². The molecule has 3 rings (SSSR count). The van der Waals surface area contributed by atoms with Crippen molar-refractivity contribution in [2.24, 2.45) is 0 Å². The van der Waals surface area contributed by atoms with Crippen LogP contribution in [-0.4, -0.2) is 31.2 Å². The molecule has 1 aliphatic heterocycles. The van der Waals surface area contributed by atoms with Crippen LogP contribution >= 0.6 is 0 Å². The second-order valence-corrected chi connectivity index (χ2v) is 8.23. The van der Waals surface area contributed by atoms with Crippen molar-refractivity contribution >= 4 is 21.6 Å². The molecular weight excluding hydrogens is 336 g/mol. The van der Waals surface area contributed by atoms with Gasteiger partial charge in [-0.2, -0.15) is 4.31 Å². The van der Waals surface area contributed by atoms with Gasteiger partial charge in [0.1, 0.15) is 6.04 Å². The molecule has 0 radical (unpaired) electrons. The smallest absolute Gasteiger partial charge is 0.243 e. The van der Waals surface area contributed by atoms with Crippen molar-refractivity contribution in [3.63, 3.8) is 0 Å². The van der Waals surface area contributed by atoms with Crippen LogP contribution in [0.4, 0.5) is 5.69 Å². The van der Waals surface area contributed by atoms with E-state index in [-0.39, 0.29) is 10.8 Å². The number of amides is 1. The van der Waals surface area contributed by atoms with Gasteiger partial charge in [-0.25, -0.2) is 8.42 Å². The molecule has 6 heteroatoms. The molecule has 1 amide bonds. The summed E-state index contributed by atoms with van der Waals surface area (Å²) in [6.07, 6.45) is 1.21. The molecule has 25 heavy (non-hydrogen) atoms. The van der Waals surface area contributed by atoms with Gasteiger partial charge < -0.3 is 5.32 Å². The summed E-state index contributed by atoms with van der Waals surface area (Å²) in [5.41, 5.74) is 2.68. The first-order valence-electron chi connectivity index (χ1n) is 8.35. The Morgan fingerprint density at radius 2 is 1.68 bits per heavy atom. The normalized spacial score (nSPS) is 18.2. The molecule has 0 aromatic heterocycles. The highest BCUT2D eigenvalue weighted by atomic mass is 32.2. The van der Waals surface area contributed by atoms with Crippen molar-refractivity contribution in [3.05, 3.63) is 59.7 Å². The van der Waals surface area contributed by atoms with Crippen LogP contribution < -0.4 is 5.32 Å². The van der Waals surface area contributed by atoms with E-state index >= 15 is 0 Å². The van der Waals surface area contributed by atoms with Crippen LogP contribution in [0.2, 0.25) is 0 Å². The lowest BCUT2D eigenvalue weighted by molar-refractivity contribution is -0.119. The molecule has 0 unspecified atom stereocenters. The molecular formula is C19H22N2O3S. The second-order valence-electron chi connectivity index (χ2n) is 6.34. The summed E-state index contributed by atoms with van der Waals surface area (Å²) in [6, 6.07) is 13.4. The van der Waals surface area contributed by atoms with Gasteiger partial charge in [0.05, 0.1) is 4.90 Å². The molecule has 5 nitrogen and oxygen atoms in total. The van der Waals surface area contributed by atoms with E-state index in [4.69, 9.17) is 0 Å². The van der Waals surface area contributed by atoms with Gasteiger partial charge in [0, 0.05) is 12.2 Å². The number of hydrogen-bond donors (Lipinski definition) is 1. The van der Waals surface area contributed by atoms with Crippen LogP contribution in [0.15, 0.2) is 53.4 Å². The van der Waals surface area contributed by atoms with Crippen molar-refractivity contribution in [1.29, 1.82) is 0 Å². The third kappa shape index (κ3) is 3.45. The van der Waals surface area contributed by atoms with Gasteiger partial charge >= 0.3 is 0 Å². The average molecular weight is 358 g/mol. The fourth-order valence-electron chi connectivity index (χ4n) is 3.24. The zero-order chi connectivity index (χ0) is 18.0.